The Hall–Kier alpha value is -2.42. The second kappa shape index (κ2) is 10.7. The van der Waals surface area contributed by atoms with Crippen LogP contribution in [0.2, 0.25) is 0 Å². The molecule has 2 aromatic carbocycles. The number of aromatic nitrogens is 2. The van der Waals surface area contributed by atoms with Gasteiger partial charge >= 0.3 is 0 Å². The molecule has 2 N–H and O–H groups in total. The van der Waals surface area contributed by atoms with Crippen LogP contribution in [0.3, 0.4) is 0 Å². The van der Waals surface area contributed by atoms with Crippen LogP contribution in [0.5, 0.6) is 0 Å². The first-order valence-electron chi connectivity index (χ1n) is 8.47. The number of nitrogens with one attached hydrogen (secondary N) is 2. The van der Waals surface area contributed by atoms with Gasteiger partial charge in [0.2, 0.25) is 0 Å². The average Bonchev–Trinajstić information content (AvgIpc) is 3.16. The van der Waals surface area contributed by atoms with Gasteiger partial charge in [-0.25, -0.2) is 4.39 Å². The zero-order valence-electron chi connectivity index (χ0n) is 15.1. The van der Waals surface area contributed by atoms with E-state index in [4.69, 9.17) is 0 Å². The molecular formula is C20H23FIN5. The van der Waals surface area contributed by atoms with Crippen molar-refractivity contribution in [3.05, 3.63) is 89.5 Å². The van der Waals surface area contributed by atoms with E-state index >= 15 is 0 Å². The molecule has 27 heavy (non-hydrogen) atoms. The Morgan fingerprint density at radius 3 is 2.37 bits per heavy atom. The summed E-state index contributed by atoms with van der Waals surface area (Å²) in [5.41, 5.74) is 3.36. The standard InChI is InChI=1S/C20H22FN5.HI/c1-22-20(23-13-16-6-8-19(21)9-7-16)24-14-17-4-2-5-18(12-17)15-26-11-3-10-25-26;/h2-12H,13-15H2,1H3,(H2,22,23,24);1H. The Kier molecular flexibility index (Phi) is 8.25. The van der Waals surface area contributed by atoms with Gasteiger partial charge in [-0.05, 0) is 34.9 Å². The summed E-state index contributed by atoms with van der Waals surface area (Å²) in [4.78, 5) is 4.23. The van der Waals surface area contributed by atoms with Gasteiger partial charge in [-0.2, -0.15) is 5.10 Å². The van der Waals surface area contributed by atoms with E-state index in [1.54, 1.807) is 25.4 Å². The van der Waals surface area contributed by atoms with Crippen molar-refractivity contribution in [3.63, 3.8) is 0 Å². The molecule has 0 saturated heterocycles. The molecule has 7 heteroatoms. The molecule has 0 aliphatic rings. The maximum Gasteiger partial charge on any atom is 0.191 e. The Balaban J connectivity index is 0.00000261. The van der Waals surface area contributed by atoms with Gasteiger partial charge in [0.1, 0.15) is 5.82 Å². The van der Waals surface area contributed by atoms with Crippen LogP contribution >= 0.6 is 24.0 Å². The highest BCUT2D eigenvalue weighted by atomic mass is 127. The highest BCUT2D eigenvalue weighted by Gasteiger charge is 2.01. The van der Waals surface area contributed by atoms with E-state index < -0.39 is 0 Å². The van der Waals surface area contributed by atoms with Gasteiger partial charge in [-0.1, -0.05) is 36.4 Å². The van der Waals surface area contributed by atoms with E-state index in [1.165, 1.54) is 23.3 Å². The minimum atomic E-state index is -0.230. The number of hydrogen-bond acceptors (Lipinski definition) is 2. The second-order valence-corrected chi connectivity index (χ2v) is 5.93. The summed E-state index contributed by atoms with van der Waals surface area (Å²) in [7, 11) is 1.73. The lowest BCUT2D eigenvalue weighted by Crippen LogP contribution is -2.36. The van der Waals surface area contributed by atoms with Crippen molar-refractivity contribution < 1.29 is 4.39 Å². The normalized spacial score (nSPS) is 11.0. The van der Waals surface area contributed by atoms with E-state index in [0.29, 0.717) is 19.0 Å². The van der Waals surface area contributed by atoms with Crippen molar-refractivity contribution in [2.24, 2.45) is 4.99 Å². The number of guanidine groups is 1. The van der Waals surface area contributed by atoms with Crippen LogP contribution in [0.4, 0.5) is 4.39 Å². The van der Waals surface area contributed by atoms with Crippen molar-refractivity contribution in [1.29, 1.82) is 0 Å². The quantitative estimate of drug-likeness (QED) is 0.323. The third-order valence-electron chi connectivity index (χ3n) is 3.95. The van der Waals surface area contributed by atoms with Crippen molar-refractivity contribution in [2.75, 3.05) is 7.05 Å². The minimum Gasteiger partial charge on any atom is -0.352 e. The molecule has 0 unspecified atom stereocenters. The molecule has 142 valence electrons. The molecule has 0 spiro atoms. The lowest BCUT2D eigenvalue weighted by Gasteiger charge is -2.13. The van der Waals surface area contributed by atoms with Crippen LogP contribution in [-0.2, 0) is 19.6 Å². The van der Waals surface area contributed by atoms with Gasteiger partial charge in [-0.3, -0.25) is 9.67 Å². The summed E-state index contributed by atoms with van der Waals surface area (Å²) < 4.78 is 14.8. The van der Waals surface area contributed by atoms with Crippen molar-refractivity contribution >= 4 is 29.9 Å². The van der Waals surface area contributed by atoms with Crippen LogP contribution < -0.4 is 10.6 Å². The molecule has 0 fully saturated rings. The third-order valence-corrected chi connectivity index (χ3v) is 3.95. The zero-order chi connectivity index (χ0) is 18.2. The number of rotatable bonds is 6. The SMILES string of the molecule is CN=C(NCc1ccc(F)cc1)NCc1cccc(Cn2cccn2)c1.I. The summed E-state index contributed by atoms with van der Waals surface area (Å²) in [6.07, 6.45) is 3.73. The second-order valence-electron chi connectivity index (χ2n) is 5.93. The molecule has 0 amide bonds. The maximum absolute atomic E-state index is 12.9. The Morgan fingerprint density at radius 2 is 1.70 bits per heavy atom. The fourth-order valence-corrected chi connectivity index (χ4v) is 2.61. The average molecular weight is 479 g/mol. The molecule has 5 nitrogen and oxygen atoms in total. The van der Waals surface area contributed by atoms with Gasteiger partial charge < -0.3 is 10.6 Å². The van der Waals surface area contributed by atoms with Crippen LogP contribution in [0.25, 0.3) is 0 Å². The van der Waals surface area contributed by atoms with Crippen LogP contribution in [-0.4, -0.2) is 22.8 Å². The van der Waals surface area contributed by atoms with Crippen molar-refractivity contribution in [3.8, 4) is 0 Å². The van der Waals surface area contributed by atoms with Crippen LogP contribution in [0, 0.1) is 5.82 Å². The van der Waals surface area contributed by atoms with E-state index in [2.05, 4.69) is 38.9 Å². The molecule has 0 aliphatic heterocycles. The molecule has 0 radical (unpaired) electrons. The summed E-state index contributed by atoms with van der Waals surface area (Å²) in [6, 6.07) is 16.7. The first kappa shape index (κ1) is 20.9. The molecule has 1 aromatic heterocycles. The number of halogens is 2. The summed E-state index contributed by atoms with van der Waals surface area (Å²) in [5.74, 6) is 0.470. The highest BCUT2D eigenvalue weighted by molar-refractivity contribution is 14.0. The number of aliphatic imine (C=N–C) groups is 1. The number of nitrogens with zero attached hydrogens (tertiary/aromatic N) is 3. The van der Waals surface area contributed by atoms with E-state index in [-0.39, 0.29) is 29.8 Å². The molecule has 3 aromatic rings. The lowest BCUT2D eigenvalue weighted by atomic mass is 10.1. The van der Waals surface area contributed by atoms with Gasteiger partial charge in [0, 0.05) is 32.5 Å². The third kappa shape index (κ3) is 6.67. The smallest absolute Gasteiger partial charge is 0.191 e. The largest absolute Gasteiger partial charge is 0.352 e. The summed E-state index contributed by atoms with van der Waals surface area (Å²) >= 11 is 0. The van der Waals surface area contributed by atoms with Crippen molar-refractivity contribution in [2.45, 2.75) is 19.6 Å². The number of benzene rings is 2. The Morgan fingerprint density at radius 1 is 1.00 bits per heavy atom. The monoisotopic (exact) mass is 479 g/mol. The lowest BCUT2D eigenvalue weighted by molar-refractivity contribution is 0.626. The number of hydrogen-bond donors (Lipinski definition) is 2. The van der Waals surface area contributed by atoms with Gasteiger partial charge in [0.15, 0.2) is 5.96 Å². The van der Waals surface area contributed by atoms with Gasteiger partial charge in [0.25, 0.3) is 0 Å². The summed E-state index contributed by atoms with van der Waals surface area (Å²) in [5, 5.41) is 10.8. The molecule has 0 saturated carbocycles. The predicted molar refractivity (Wildman–Crippen MR) is 117 cm³/mol. The molecular weight excluding hydrogens is 456 g/mol. The minimum absolute atomic E-state index is 0. The van der Waals surface area contributed by atoms with Gasteiger partial charge in [0.05, 0.1) is 6.54 Å². The van der Waals surface area contributed by atoms with Crippen LogP contribution in [0.15, 0.2) is 72.0 Å². The molecule has 0 bridgehead atoms. The fraction of sp³-hybridized carbons (Fsp3) is 0.200. The maximum atomic E-state index is 12.9. The molecule has 1 heterocycles. The molecule has 0 atom stereocenters. The topological polar surface area (TPSA) is 54.2 Å². The highest BCUT2D eigenvalue weighted by Crippen LogP contribution is 2.07. The summed E-state index contributed by atoms with van der Waals surface area (Å²) in [6.45, 7) is 1.99. The first-order chi connectivity index (χ1) is 12.7. The Labute approximate surface area is 175 Å². The fourth-order valence-electron chi connectivity index (χ4n) is 2.61. The predicted octanol–water partition coefficient (Wildman–Crippen LogP) is 3.55. The first-order valence-corrected chi connectivity index (χ1v) is 8.47. The van der Waals surface area contributed by atoms with Crippen molar-refractivity contribution in [1.82, 2.24) is 20.4 Å². The zero-order valence-corrected chi connectivity index (χ0v) is 17.4. The molecule has 0 aliphatic carbocycles. The van der Waals surface area contributed by atoms with E-state index in [9.17, 15) is 4.39 Å². The Bertz CT molecular complexity index is 847. The van der Waals surface area contributed by atoms with E-state index in [1.807, 2.05) is 23.0 Å². The van der Waals surface area contributed by atoms with E-state index in [0.717, 1.165) is 12.1 Å². The molecule has 3 rings (SSSR count). The van der Waals surface area contributed by atoms with Gasteiger partial charge in [-0.15, -0.1) is 24.0 Å². The van der Waals surface area contributed by atoms with Crippen LogP contribution in [0.1, 0.15) is 16.7 Å².